The van der Waals surface area contributed by atoms with Crippen molar-refractivity contribution in [2.75, 3.05) is 192 Å². The number of nitrogens with zero attached hydrogens (tertiary/aromatic N) is 3. The number of carboxylic acid groups (broad SMARTS) is 2. The number of benzene rings is 8. The van der Waals surface area contributed by atoms with Crippen LogP contribution in [0.25, 0.3) is 0 Å². The molecule has 1 amide bonds. The summed E-state index contributed by atoms with van der Waals surface area (Å²) in [6.07, 6.45) is 1.29. The molecule has 7 N–H and O–H groups in total. The lowest BCUT2D eigenvalue weighted by Gasteiger charge is -2.33. The number of Topliss-reactive ketones (excluding diaryl/α,β-unsaturated/α-hetero) is 1. The van der Waals surface area contributed by atoms with Crippen molar-refractivity contribution in [1.82, 2.24) is 29.5 Å². The molecular weight excluding hydrogens is 1870 g/mol. The highest BCUT2D eigenvalue weighted by molar-refractivity contribution is 7.91. The Hall–Kier alpha value is -7.17. The molecule has 3 unspecified atom stereocenters. The molecule has 0 spiro atoms. The van der Waals surface area contributed by atoms with Crippen LogP contribution in [0.15, 0.2) is 172 Å². The van der Waals surface area contributed by atoms with Crippen molar-refractivity contribution < 1.29 is 97.3 Å². The van der Waals surface area contributed by atoms with Gasteiger partial charge in [0.2, 0.25) is 20.0 Å². The van der Waals surface area contributed by atoms with Crippen LogP contribution in [0.2, 0.25) is 30.1 Å². The number of sulfonamides is 2. The summed E-state index contributed by atoms with van der Waals surface area (Å²) in [6.45, 7) is 17.4. The molecule has 131 heavy (non-hydrogen) atoms. The van der Waals surface area contributed by atoms with E-state index in [0.29, 0.717) is 179 Å². The number of aromatic carboxylic acids is 2. The Morgan fingerprint density at radius 3 is 1.05 bits per heavy atom. The molecule has 8 aromatic rings. The lowest BCUT2D eigenvalue weighted by atomic mass is 9.85. The summed E-state index contributed by atoms with van der Waals surface area (Å²) >= 11 is 38.2. The zero-order chi connectivity index (χ0) is 93.5. The van der Waals surface area contributed by atoms with Gasteiger partial charge in [-0.25, -0.2) is 44.3 Å². The van der Waals surface area contributed by atoms with Crippen molar-refractivity contribution in [3.63, 3.8) is 0 Å². The number of fused-ring (bicyclic) bond motifs is 3. The fourth-order valence-electron chi connectivity index (χ4n) is 14.2. The summed E-state index contributed by atoms with van der Waals surface area (Å²) in [5.74, 6) is -2.19. The Morgan fingerprint density at radius 1 is 0.389 bits per heavy atom. The Labute approximate surface area is 801 Å². The van der Waals surface area contributed by atoms with Crippen molar-refractivity contribution >= 4 is 123 Å². The Balaban J connectivity index is 0.000000290. The zero-order valence-corrected chi connectivity index (χ0v) is 79.9. The van der Waals surface area contributed by atoms with Crippen LogP contribution in [0.4, 0.5) is 0 Å². The highest BCUT2D eigenvalue weighted by atomic mass is 35.5. The Morgan fingerprint density at radius 2 is 0.695 bits per heavy atom. The van der Waals surface area contributed by atoms with Crippen LogP contribution in [0.1, 0.15) is 157 Å². The van der Waals surface area contributed by atoms with Gasteiger partial charge in [0.25, 0.3) is 5.91 Å². The Bertz CT molecular complexity index is 5210. The van der Waals surface area contributed by atoms with Gasteiger partial charge in [-0.3, -0.25) is 9.59 Å². The lowest BCUT2D eigenvalue weighted by molar-refractivity contribution is 0.0142. The average molecular weight is 2000 g/mol. The van der Waals surface area contributed by atoms with Gasteiger partial charge in [-0.1, -0.05) is 133 Å². The molecule has 11 rings (SSSR count). The third-order valence-corrected chi connectivity index (χ3v) is 27.1. The standard InChI is InChI=1S/C38H48Cl2N2O8S.C24H33Cl2N3O5S.C22H28Cl2N2O4S.C8H6O4.2CH4/c1-3-47-18-15-41-38(44)30-9-7-29(8-10-30)37(43)6-4-16-48-19-21-50-22-20-49-17-5-23-51(45,46)32-13-11-28(12-14-32)34-26-42(2)27-35-33(34)24-31(39)25-36(35)40;1-29-16-22(21-14-19(25)15-24(26)23(21)17-29)18-2-4-20(5-3-18)35(30,31)28-7-9-33-11-13-34-12-10-32-8-6-27;1-3-29-10-11-30-9-8-25-31(27,28)18-6-4-16(5-7-18)20-14-26(2)15-21-19(20)12-17(23)13-22(21)24;9-7(10)5-1-2-6(4-3-5)8(11)12;;/h7-14,24-25,34H,3-6,15-23,26-27H2,1-2H3,(H,41,44);2-5,14-15,22,28H,6-13,16-17,27H2,1H3;4-7,12-13,20,25H,3,8-11,14-15H2,1-2H3;1-4H,(H,9,10)(H,11,12);2*1H4. The number of sulfone groups is 1. The fourth-order valence-corrected chi connectivity index (χ4v) is 19.3. The highest BCUT2D eigenvalue weighted by Crippen LogP contribution is 2.42. The molecule has 28 nitrogen and oxygen atoms in total. The third-order valence-electron chi connectivity index (χ3n) is 20.7. The van der Waals surface area contributed by atoms with Crippen molar-refractivity contribution in [2.45, 2.75) is 100 Å². The number of ketones is 1. The number of amides is 1. The number of rotatable bonds is 48. The molecule has 3 aliphatic rings. The molecule has 8 aromatic carbocycles. The number of nitrogens with one attached hydrogen (secondary N) is 3. The average Bonchev–Trinajstić information content (AvgIpc) is 0.781. The van der Waals surface area contributed by atoms with Crippen molar-refractivity contribution in [3.8, 4) is 0 Å². The maximum absolute atomic E-state index is 13.0. The molecule has 0 aromatic heterocycles. The molecule has 3 aliphatic heterocycles. The predicted octanol–water partition coefficient (Wildman–Crippen LogP) is 15.3. The van der Waals surface area contributed by atoms with Crippen molar-refractivity contribution in [2.24, 2.45) is 5.73 Å². The van der Waals surface area contributed by atoms with E-state index < -0.39 is 41.8 Å². The van der Waals surface area contributed by atoms with Gasteiger partial charge in [-0.05, 0) is 207 Å². The number of carbonyl (C=O) groups excluding carboxylic acids is 2. The quantitative estimate of drug-likeness (QED) is 0.0152. The summed E-state index contributed by atoms with van der Waals surface area (Å²) < 4.78 is 130. The van der Waals surface area contributed by atoms with Gasteiger partial charge in [0.1, 0.15) is 0 Å². The minimum Gasteiger partial charge on any atom is -0.478 e. The highest BCUT2D eigenvalue weighted by Gasteiger charge is 2.32. The smallest absolute Gasteiger partial charge is 0.335 e. The molecule has 0 aliphatic carbocycles. The van der Waals surface area contributed by atoms with Gasteiger partial charge < -0.3 is 78.6 Å². The first-order valence-electron chi connectivity index (χ1n) is 42.2. The van der Waals surface area contributed by atoms with Crippen LogP contribution in [-0.2, 0) is 92.1 Å². The summed E-state index contributed by atoms with van der Waals surface area (Å²) in [6, 6.07) is 43.8. The molecule has 0 bridgehead atoms. The first-order valence-corrected chi connectivity index (χ1v) is 49.1. The largest absolute Gasteiger partial charge is 0.478 e. The first-order chi connectivity index (χ1) is 61.8. The number of halogens is 6. The van der Waals surface area contributed by atoms with Crippen molar-refractivity contribution in [1.29, 1.82) is 0 Å². The number of ether oxygens (including phenoxy) is 9. The molecule has 720 valence electrons. The molecule has 0 saturated carbocycles. The molecule has 0 fully saturated rings. The second-order valence-corrected chi connectivity index (χ2v) is 38.5. The molecule has 3 heterocycles. The van der Waals surface area contributed by atoms with Gasteiger partial charge in [-0.2, -0.15) is 0 Å². The second kappa shape index (κ2) is 58.3. The molecule has 3 atom stereocenters. The van der Waals surface area contributed by atoms with Crippen LogP contribution in [0.3, 0.4) is 0 Å². The van der Waals surface area contributed by atoms with Crippen LogP contribution < -0.4 is 20.5 Å². The van der Waals surface area contributed by atoms with E-state index in [1.807, 2.05) is 89.6 Å². The van der Waals surface area contributed by atoms with E-state index >= 15 is 0 Å². The van der Waals surface area contributed by atoms with Crippen LogP contribution >= 0.6 is 69.6 Å². The second-order valence-electron chi connectivity index (χ2n) is 30.3. The van der Waals surface area contributed by atoms with Crippen LogP contribution in [-0.4, -0.2) is 265 Å². The maximum atomic E-state index is 13.0. The number of carboxylic acids is 2. The molecular formula is C94H123Cl6N7O21S3. The van der Waals surface area contributed by atoms with Crippen molar-refractivity contribution in [3.05, 3.63) is 260 Å². The van der Waals surface area contributed by atoms with Gasteiger partial charge in [0, 0.05) is 157 Å². The van der Waals surface area contributed by atoms with Gasteiger partial charge in [0.05, 0.1) is 124 Å². The summed E-state index contributed by atoms with van der Waals surface area (Å²) in [5, 5.41) is 23.4. The van der Waals surface area contributed by atoms with Crippen LogP contribution in [0.5, 0.6) is 0 Å². The van der Waals surface area contributed by atoms with Gasteiger partial charge in [0.15, 0.2) is 15.6 Å². The third kappa shape index (κ3) is 37.1. The van der Waals surface area contributed by atoms with E-state index in [1.54, 1.807) is 78.9 Å². The van der Waals surface area contributed by atoms with Gasteiger partial charge in [-0.15, -0.1) is 0 Å². The SMILES string of the molecule is C.C.CCOCCNC(=O)c1ccc(C(=O)CCCOCCOCCOCCCS(=O)(=O)c2ccc(C3CN(C)Cc4c(Cl)cc(Cl)cc43)cc2)cc1.CCOCCOCCNS(=O)(=O)c1ccc(C2CN(C)Cc3c(Cl)cc(Cl)cc32)cc1.CN1Cc2c(Cl)cc(Cl)cc2C(c2ccc(S(=O)(=O)NCCOCCOCCOCCN)cc2)C1.O=C(O)c1ccc(C(=O)O)cc1. The minimum absolute atomic E-state index is 0. The van der Waals surface area contributed by atoms with E-state index in [0.717, 1.165) is 89.3 Å². The van der Waals surface area contributed by atoms with E-state index in [1.165, 1.54) is 24.3 Å². The maximum Gasteiger partial charge on any atom is 0.335 e. The Kier molecular flexibility index (Phi) is 50.1. The normalized spacial score (nSPS) is 15.0. The van der Waals surface area contributed by atoms with Crippen LogP contribution in [0, 0.1) is 0 Å². The molecule has 0 saturated heterocycles. The van der Waals surface area contributed by atoms with E-state index in [4.69, 9.17) is 128 Å². The minimum atomic E-state index is -3.64. The monoisotopic (exact) mass is 1990 g/mol. The lowest BCUT2D eigenvalue weighted by Crippen LogP contribution is -2.31. The molecule has 37 heteroatoms. The van der Waals surface area contributed by atoms with E-state index in [-0.39, 0.29) is 102 Å². The summed E-state index contributed by atoms with van der Waals surface area (Å²) in [4.78, 5) is 52.6. The molecule has 0 radical (unpaired) electrons. The topological polar surface area (TPSA) is 366 Å². The number of hydrogen-bond acceptors (Lipinski definition) is 23. The number of likely N-dealkylation sites (N-methyl/N-ethyl adjacent to an activating group) is 3. The summed E-state index contributed by atoms with van der Waals surface area (Å²) in [5.41, 5.74) is 16.0. The van der Waals surface area contributed by atoms with E-state index in [2.05, 4.69) is 29.5 Å². The van der Waals surface area contributed by atoms with Gasteiger partial charge >= 0.3 is 11.9 Å². The number of hydrogen-bond donors (Lipinski definition) is 6. The first kappa shape index (κ1) is 113. The zero-order valence-electron chi connectivity index (χ0n) is 72.9. The number of nitrogens with two attached hydrogens (primary N) is 1. The predicted molar refractivity (Wildman–Crippen MR) is 514 cm³/mol. The fraction of sp³-hybridized carbons (Fsp3) is 0.447. The van der Waals surface area contributed by atoms with E-state index in [9.17, 15) is 44.4 Å². The summed E-state index contributed by atoms with van der Waals surface area (Å²) in [7, 11) is -4.58. The number of carbonyl (C=O) groups is 4.